The van der Waals surface area contributed by atoms with Gasteiger partial charge in [0, 0.05) is 18.5 Å². The van der Waals surface area contributed by atoms with Crippen LogP contribution in [0.25, 0.3) is 12.2 Å². The third kappa shape index (κ3) is 2.60. The fourth-order valence-electron chi connectivity index (χ4n) is 1.10. The van der Waals surface area contributed by atoms with Crippen LogP contribution in [0.15, 0.2) is 41.5 Å². The lowest BCUT2D eigenvalue weighted by molar-refractivity contribution is 0.977. The molecule has 0 unspecified atom stereocenters. The first-order chi connectivity index (χ1) is 7.34. The van der Waals surface area contributed by atoms with Crippen LogP contribution in [-0.2, 0) is 0 Å². The Hall–Kier alpha value is -2.23. The highest BCUT2D eigenvalue weighted by atomic mass is 16.1. The van der Waals surface area contributed by atoms with E-state index in [1.165, 1.54) is 6.07 Å². The van der Waals surface area contributed by atoms with Crippen LogP contribution < -0.4 is 5.56 Å². The predicted octanol–water partition coefficient (Wildman–Crippen LogP) is 1.34. The largest absolute Gasteiger partial charge is 0.268 e. The highest BCUT2D eigenvalue weighted by Gasteiger charge is 1.88. The maximum absolute atomic E-state index is 10.7. The first-order valence-corrected chi connectivity index (χ1v) is 4.48. The van der Waals surface area contributed by atoms with Crippen LogP contribution in [0, 0.1) is 0 Å². The molecule has 0 saturated carbocycles. The molecule has 2 heterocycles. The van der Waals surface area contributed by atoms with Crippen molar-refractivity contribution < 1.29 is 0 Å². The van der Waals surface area contributed by atoms with Crippen LogP contribution in [-0.4, -0.2) is 15.2 Å². The number of aromatic nitrogens is 3. The number of hydrogen-bond donors (Lipinski definition) is 1. The molecular formula is C11H9N3O. The molecule has 0 radical (unpaired) electrons. The molecule has 0 aliphatic heterocycles. The average molecular weight is 199 g/mol. The summed E-state index contributed by atoms with van der Waals surface area (Å²) in [5.74, 6) is 0. The van der Waals surface area contributed by atoms with Gasteiger partial charge in [0.25, 0.3) is 5.56 Å². The monoisotopic (exact) mass is 199 g/mol. The minimum atomic E-state index is -0.198. The molecule has 0 amide bonds. The molecule has 2 rings (SSSR count). The molecular weight excluding hydrogens is 190 g/mol. The van der Waals surface area contributed by atoms with Crippen LogP contribution in [0.2, 0.25) is 0 Å². The van der Waals surface area contributed by atoms with Crippen molar-refractivity contribution in [2.75, 3.05) is 0 Å². The van der Waals surface area contributed by atoms with Crippen molar-refractivity contribution in [1.29, 1.82) is 0 Å². The topological polar surface area (TPSA) is 58.6 Å². The van der Waals surface area contributed by atoms with E-state index in [9.17, 15) is 4.79 Å². The third-order valence-corrected chi connectivity index (χ3v) is 1.85. The normalized spacial score (nSPS) is 10.7. The van der Waals surface area contributed by atoms with Crippen molar-refractivity contribution in [3.05, 3.63) is 58.3 Å². The molecule has 15 heavy (non-hydrogen) atoms. The van der Waals surface area contributed by atoms with E-state index in [-0.39, 0.29) is 5.56 Å². The Bertz CT molecular complexity index is 496. The molecule has 0 aromatic carbocycles. The van der Waals surface area contributed by atoms with Gasteiger partial charge in [-0.25, -0.2) is 5.10 Å². The molecule has 1 N–H and O–H groups in total. The van der Waals surface area contributed by atoms with E-state index >= 15 is 0 Å². The molecule has 0 bridgehead atoms. The van der Waals surface area contributed by atoms with Gasteiger partial charge in [-0.15, -0.1) is 0 Å². The highest BCUT2D eigenvalue weighted by Crippen LogP contribution is 2.02. The van der Waals surface area contributed by atoms with Crippen molar-refractivity contribution in [2.45, 2.75) is 0 Å². The van der Waals surface area contributed by atoms with Crippen molar-refractivity contribution >= 4 is 12.2 Å². The summed E-state index contributed by atoms with van der Waals surface area (Å²) < 4.78 is 0. The van der Waals surface area contributed by atoms with Crippen LogP contribution >= 0.6 is 0 Å². The van der Waals surface area contributed by atoms with Gasteiger partial charge in [-0.1, -0.05) is 6.08 Å². The van der Waals surface area contributed by atoms with E-state index in [1.807, 2.05) is 24.3 Å². The zero-order valence-electron chi connectivity index (χ0n) is 7.92. The molecule has 0 fully saturated rings. The number of nitrogens with zero attached hydrogens (tertiary/aromatic N) is 2. The number of H-pyrrole nitrogens is 1. The molecule has 0 spiro atoms. The molecule has 4 heteroatoms. The Morgan fingerprint density at radius 2 is 1.87 bits per heavy atom. The average Bonchev–Trinajstić information content (AvgIpc) is 2.30. The lowest BCUT2D eigenvalue weighted by atomic mass is 10.2. The number of rotatable bonds is 2. The van der Waals surface area contributed by atoms with Crippen LogP contribution in [0.3, 0.4) is 0 Å². The molecule has 4 nitrogen and oxygen atoms in total. The molecule has 74 valence electrons. The number of hydrogen-bond acceptors (Lipinski definition) is 3. The maximum atomic E-state index is 10.7. The second-order valence-corrected chi connectivity index (χ2v) is 2.96. The van der Waals surface area contributed by atoms with E-state index in [1.54, 1.807) is 18.5 Å². The lowest BCUT2D eigenvalue weighted by Gasteiger charge is -1.91. The third-order valence-electron chi connectivity index (χ3n) is 1.85. The standard InChI is InChI=1S/C11H9N3O/c15-11-4-3-10(13-14-11)2-1-9-5-7-12-8-6-9/h1-8H,(H,14,15)/b2-1+. The van der Waals surface area contributed by atoms with E-state index in [2.05, 4.69) is 15.2 Å². The van der Waals surface area contributed by atoms with Gasteiger partial charge in [-0.05, 0) is 29.8 Å². The fourth-order valence-corrected chi connectivity index (χ4v) is 1.10. The molecule has 0 atom stereocenters. The number of aromatic amines is 1. The summed E-state index contributed by atoms with van der Waals surface area (Å²) in [6.07, 6.45) is 7.17. The van der Waals surface area contributed by atoms with Gasteiger partial charge >= 0.3 is 0 Å². The Morgan fingerprint density at radius 1 is 1.07 bits per heavy atom. The number of pyridine rings is 1. The summed E-state index contributed by atoms with van der Waals surface area (Å²) in [6.45, 7) is 0. The van der Waals surface area contributed by atoms with E-state index in [0.29, 0.717) is 5.69 Å². The van der Waals surface area contributed by atoms with Crippen LogP contribution in [0.5, 0.6) is 0 Å². The van der Waals surface area contributed by atoms with E-state index in [4.69, 9.17) is 0 Å². The molecule has 0 saturated heterocycles. The molecule has 2 aromatic rings. The van der Waals surface area contributed by atoms with Crippen molar-refractivity contribution in [3.63, 3.8) is 0 Å². The van der Waals surface area contributed by atoms with Crippen LogP contribution in [0.1, 0.15) is 11.3 Å². The minimum Gasteiger partial charge on any atom is -0.268 e. The summed E-state index contributed by atoms with van der Waals surface area (Å²) in [5, 5.41) is 6.22. The van der Waals surface area contributed by atoms with Crippen LogP contribution in [0.4, 0.5) is 0 Å². The van der Waals surface area contributed by atoms with E-state index in [0.717, 1.165) is 5.56 Å². The summed E-state index contributed by atoms with van der Waals surface area (Å²) in [4.78, 5) is 14.7. The van der Waals surface area contributed by atoms with Crippen molar-refractivity contribution in [1.82, 2.24) is 15.2 Å². The first-order valence-electron chi connectivity index (χ1n) is 4.48. The van der Waals surface area contributed by atoms with Gasteiger partial charge in [0.1, 0.15) is 0 Å². The predicted molar refractivity (Wildman–Crippen MR) is 58.0 cm³/mol. The highest BCUT2D eigenvalue weighted by molar-refractivity contribution is 5.67. The van der Waals surface area contributed by atoms with Gasteiger partial charge in [0.05, 0.1) is 5.69 Å². The Morgan fingerprint density at radius 3 is 2.53 bits per heavy atom. The lowest BCUT2D eigenvalue weighted by Crippen LogP contribution is -2.05. The smallest absolute Gasteiger partial charge is 0.264 e. The van der Waals surface area contributed by atoms with Gasteiger partial charge in [-0.2, -0.15) is 5.10 Å². The fraction of sp³-hybridized carbons (Fsp3) is 0. The molecule has 0 aliphatic rings. The van der Waals surface area contributed by atoms with E-state index < -0.39 is 0 Å². The Kier molecular flexibility index (Phi) is 2.69. The summed E-state index contributed by atoms with van der Waals surface area (Å²) in [7, 11) is 0. The second kappa shape index (κ2) is 4.32. The maximum Gasteiger partial charge on any atom is 0.264 e. The first kappa shape index (κ1) is 9.33. The van der Waals surface area contributed by atoms with Gasteiger partial charge in [0.15, 0.2) is 0 Å². The number of nitrogens with one attached hydrogen (secondary N) is 1. The van der Waals surface area contributed by atoms with Gasteiger partial charge < -0.3 is 0 Å². The minimum absolute atomic E-state index is 0.198. The zero-order valence-corrected chi connectivity index (χ0v) is 7.92. The SMILES string of the molecule is O=c1ccc(/C=C/c2ccncc2)n[nH]1. The summed E-state index contributed by atoms with van der Waals surface area (Å²) in [6, 6.07) is 6.89. The van der Waals surface area contributed by atoms with Crippen molar-refractivity contribution in [3.8, 4) is 0 Å². The van der Waals surface area contributed by atoms with Crippen molar-refractivity contribution in [2.24, 2.45) is 0 Å². The second-order valence-electron chi connectivity index (χ2n) is 2.96. The molecule has 0 aliphatic carbocycles. The van der Waals surface area contributed by atoms with Gasteiger partial charge in [-0.3, -0.25) is 9.78 Å². The van der Waals surface area contributed by atoms with Gasteiger partial charge in [0.2, 0.25) is 0 Å². The quantitative estimate of drug-likeness (QED) is 0.793. The molecule has 2 aromatic heterocycles. The Labute approximate surface area is 86.3 Å². The summed E-state index contributed by atoms with van der Waals surface area (Å²) in [5.41, 5.74) is 1.56. The zero-order chi connectivity index (χ0) is 10.5. The summed E-state index contributed by atoms with van der Waals surface area (Å²) >= 11 is 0. The Balaban J connectivity index is 2.19.